The van der Waals surface area contributed by atoms with Crippen LogP contribution < -0.4 is 10.1 Å². The molecule has 2 aliphatic rings. The van der Waals surface area contributed by atoms with Crippen LogP contribution in [0.5, 0.6) is 5.75 Å². The Morgan fingerprint density at radius 1 is 1.06 bits per heavy atom. The number of amides is 1. The highest BCUT2D eigenvalue weighted by Crippen LogP contribution is 2.29. The number of nitrogens with one attached hydrogen (secondary N) is 1. The second-order valence-electron chi connectivity index (χ2n) is 8.36. The maximum absolute atomic E-state index is 13.5. The van der Waals surface area contributed by atoms with Crippen LogP contribution in [0.15, 0.2) is 54.6 Å². The molecule has 2 saturated heterocycles. The van der Waals surface area contributed by atoms with Gasteiger partial charge < -0.3 is 10.1 Å². The van der Waals surface area contributed by atoms with E-state index in [1.165, 1.54) is 0 Å². The minimum absolute atomic E-state index is 0.0970. The van der Waals surface area contributed by atoms with Crippen molar-refractivity contribution in [3.8, 4) is 5.75 Å². The summed E-state index contributed by atoms with van der Waals surface area (Å²) in [6.45, 7) is 5.36. The highest BCUT2D eigenvalue weighted by molar-refractivity contribution is 7.91. The molecule has 0 spiro atoms. The molecule has 2 aromatic rings. The van der Waals surface area contributed by atoms with E-state index in [4.69, 9.17) is 4.74 Å². The molecule has 4 rings (SSSR count). The Morgan fingerprint density at radius 3 is 2.41 bits per heavy atom. The molecule has 8 heteroatoms. The van der Waals surface area contributed by atoms with Crippen molar-refractivity contribution in [1.29, 1.82) is 0 Å². The van der Waals surface area contributed by atoms with E-state index in [9.17, 15) is 13.2 Å². The zero-order valence-electron chi connectivity index (χ0n) is 18.4. The predicted octanol–water partition coefficient (Wildman–Crippen LogP) is 2.57. The lowest BCUT2D eigenvalue weighted by Gasteiger charge is -2.40. The third kappa shape index (κ3) is 5.31. The minimum Gasteiger partial charge on any atom is -0.492 e. The fourth-order valence-corrected chi connectivity index (χ4v) is 6.40. The number of anilines is 1. The summed E-state index contributed by atoms with van der Waals surface area (Å²) in [4.78, 5) is 17.9. The van der Waals surface area contributed by atoms with Crippen LogP contribution in [0.25, 0.3) is 0 Å². The number of ether oxygens (including phenoxy) is 1. The second kappa shape index (κ2) is 10.0. The summed E-state index contributed by atoms with van der Waals surface area (Å²) in [6, 6.07) is 16.9. The summed E-state index contributed by atoms with van der Waals surface area (Å²) in [5.41, 5.74) is 1.60. The first-order valence-electron chi connectivity index (χ1n) is 11.2. The van der Waals surface area contributed by atoms with E-state index in [1.807, 2.05) is 61.5 Å². The summed E-state index contributed by atoms with van der Waals surface area (Å²) in [6.07, 6.45) is 0.707. The van der Waals surface area contributed by atoms with Crippen molar-refractivity contribution in [3.63, 3.8) is 0 Å². The number of benzene rings is 2. The number of piperazine rings is 1. The van der Waals surface area contributed by atoms with Crippen molar-refractivity contribution in [1.82, 2.24) is 9.80 Å². The second-order valence-corrected chi connectivity index (χ2v) is 10.6. The Balaban J connectivity index is 1.49. The summed E-state index contributed by atoms with van der Waals surface area (Å²) in [5, 5.41) is 3.07. The van der Waals surface area contributed by atoms with Crippen LogP contribution in [0.2, 0.25) is 0 Å². The van der Waals surface area contributed by atoms with Gasteiger partial charge in [0, 0.05) is 32.2 Å². The van der Waals surface area contributed by atoms with E-state index in [1.54, 1.807) is 0 Å². The Labute approximate surface area is 190 Å². The van der Waals surface area contributed by atoms with E-state index in [2.05, 4.69) is 15.1 Å². The lowest BCUT2D eigenvalue weighted by atomic mass is 10.0. The Hall–Kier alpha value is -2.42. The van der Waals surface area contributed by atoms with Gasteiger partial charge in [-0.15, -0.1) is 0 Å². The zero-order chi connectivity index (χ0) is 22.6. The summed E-state index contributed by atoms with van der Waals surface area (Å²) in [5.74, 6) is 1.10. The molecule has 2 fully saturated rings. The first kappa shape index (κ1) is 22.8. The first-order chi connectivity index (χ1) is 15.5. The van der Waals surface area contributed by atoms with Gasteiger partial charge in [-0.1, -0.05) is 42.5 Å². The summed E-state index contributed by atoms with van der Waals surface area (Å²) in [7, 11) is -2.91. The largest absolute Gasteiger partial charge is 0.492 e. The van der Waals surface area contributed by atoms with Gasteiger partial charge >= 0.3 is 0 Å². The number of para-hydroxylation sites is 2. The summed E-state index contributed by atoms with van der Waals surface area (Å²) < 4.78 is 29.4. The number of carbonyl (C=O) groups is 1. The molecule has 0 saturated carbocycles. The summed E-state index contributed by atoms with van der Waals surface area (Å²) >= 11 is 0. The van der Waals surface area contributed by atoms with Crippen LogP contribution in [0.3, 0.4) is 0 Å². The molecule has 2 heterocycles. The first-order valence-corrected chi connectivity index (χ1v) is 13.0. The average molecular weight is 458 g/mol. The molecule has 2 atom stereocenters. The van der Waals surface area contributed by atoms with E-state index in [-0.39, 0.29) is 23.5 Å². The number of rotatable bonds is 7. The fourth-order valence-electron chi connectivity index (χ4n) is 4.64. The normalized spacial score (nSPS) is 22.3. The molecule has 1 amide bonds. The maximum Gasteiger partial charge on any atom is 0.246 e. The monoisotopic (exact) mass is 457 g/mol. The standard InChI is InChI=1S/C24H31N3O4S/c1-2-31-22-11-7-6-10-21(22)25-24(28)23(19-8-4-3-5-9-19)27-15-13-26(14-16-27)20-12-17-32(29,30)18-20/h3-11,20,23H,2,12-18H2,1H3,(H,25,28)/t20-,23+/m1/s1. The number of carbonyl (C=O) groups excluding carboxylic acids is 1. The number of sulfone groups is 1. The molecule has 32 heavy (non-hydrogen) atoms. The molecule has 2 aromatic carbocycles. The lowest BCUT2D eigenvalue weighted by molar-refractivity contribution is -0.122. The van der Waals surface area contributed by atoms with Crippen LogP contribution >= 0.6 is 0 Å². The van der Waals surface area contributed by atoms with Crippen molar-refractivity contribution < 1.29 is 17.9 Å². The van der Waals surface area contributed by atoms with Crippen LogP contribution in [0, 0.1) is 0 Å². The van der Waals surface area contributed by atoms with Crippen LogP contribution in [0.1, 0.15) is 24.9 Å². The zero-order valence-corrected chi connectivity index (χ0v) is 19.3. The number of hydrogen-bond donors (Lipinski definition) is 1. The predicted molar refractivity (Wildman–Crippen MR) is 126 cm³/mol. The van der Waals surface area contributed by atoms with Crippen molar-refractivity contribution in [2.24, 2.45) is 0 Å². The smallest absolute Gasteiger partial charge is 0.246 e. The van der Waals surface area contributed by atoms with E-state index < -0.39 is 15.9 Å². The number of hydrogen-bond acceptors (Lipinski definition) is 6. The molecule has 0 bridgehead atoms. The number of nitrogens with zero attached hydrogens (tertiary/aromatic N) is 2. The van der Waals surface area contributed by atoms with Gasteiger partial charge in [0.15, 0.2) is 9.84 Å². The van der Waals surface area contributed by atoms with Crippen molar-refractivity contribution in [2.45, 2.75) is 25.4 Å². The maximum atomic E-state index is 13.5. The van der Waals surface area contributed by atoms with Gasteiger partial charge in [0.25, 0.3) is 0 Å². The van der Waals surface area contributed by atoms with Crippen molar-refractivity contribution in [3.05, 3.63) is 60.2 Å². The SMILES string of the molecule is CCOc1ccccc1NC(=O)[C@H](c1ccccc1)N1CCN([C@@H]2CCS(=O)(=O)C2)CC1. The van der Waals surface area contributed by atoms with E-state index in [0.29, 0.717) is 37.6 Å². The van der Waals surface area contributed by atoms with Gasteiger partial charge in [0.2, 0.25) is 5.91 Å². The molecule has 0 aromatic heterocycles. The third-order valence-electron chi connectivity index (χ3n) is 6.25. The van der Waals surface area contributed by atoms with Crippen LogP contribution in [-0.4, -0.2) is 74.5 Å². The van der Waals surface area contributed by atoms with Crippen molar-refractivity contribution in [2.75, 3.05) is 49.6 Å². The quantitative estimate of drug-likeness (QED) is 0.689. The third-order valence-corrected chi connectivity index (χ3v) is 8.00. The minimum atomic E-state index is -2.91. The molecule has 1 N–H and O–H groups in total. The van der Waals surface area contributed by atoms with E-state index >= 15 is 0 Å². The van der Waals surface area contributed by atoms with Gasteiger partial charge in [0.1, 0.15) is 11.8 Å². The van der Waals surface area contributed by atoms with Crippen molar-refractivity contribution >= 4 is 21.4 Å². The highest BCUT2D eigenvalue weighted by atomic mass is 32.2. The average Bonchev–Trinajstić information content (AvgIpc) is 3.16. The molecular weight excluding hydrogens is 426 g/mol. The van der Waals surface area contributed by atoms with Gasteiger partial charge in [-0.25, -0.2) is 8.42 Å². The van der Waals surface area contributed by atoms with Gasteiger partial charge in [-0.3, -0.25) is 14.6 Å². The van der Waals surface area contributed by atoms with Crippen LogP contribution in [0.4, 0.5) is 5.69 Å². The van der Waals surface area contributed by atoms with Gasteiger partial charge in [-0.05, 0) is 31.0 Å². The topological polar surface area (TPSA) is 79.0 Å². The molecule has 2 aliphatic heterocycles. The molecule has 0 radical (unpaired) electrons. The Morgan fingerprint density at radius 2 is 1.75 bits per heavy atom. The Kier molecular flexibility index (Phi) is 7.13. The molecule has 172 valence electrons. The molecule has 0 unspecified atom stereocenters. The molecule has 0 aliphatic carbocycles. The van der Waals surface area contributed by atoms with Gasteiger partial charge in [0.05, 0.1) is 23.8 Å². The highest BCUT2D eigenvalue weighted by Gasteiger charge is 2.36. The van der Waals surface area contributed by atoms with E-state index in [0.717, 1.165) is 18.7 Å². The molecule has 7 nitrogen and oxygen atoms in total. The van der Waals surface area contributed by atoms with Gasteiger partial charge in [-0.2, -0.15) is 0 Å². The van der Waals surface area contributed by atoms with Crippen LogP contribution in [-0.2, 0) is 14.6 Å². The Bertz CT molecular complexity index is 1020. The lowest BCUT2D eigenvalue weighted by Crippen LogP contribution is -2.53. The fraction of sp³-hybridized carbons (Fsp3) is 0.458. The molecular formula is C24H31N3O4S.